The van der Waals surface area contributed by atoms with Crippen molar-refractivity contribution in [1.82, 2.24) is 4.98 Å². The molecule has 0 aliphatic carbocycles. The van der Waals surface area contributed by atoms with Crippen molar-refractivity contribution in [3.8, 4) is 6.07 Å². The van der Waals surface area contributed by atoms with Crippen molar-refractivity contribution in [2.24, 2.45) is 0 Å². The fourth-order valence-electron chi connectivity index (χ4n) is 1.85. The van der Waals surface area contributed by atoms with Gasteiger partial charge in [-0.15, -0.1) is 0 Å². The molecular weight excluding hydrogens is 274 g/mol. The first kappa shape index (κ1) is 14.3. The smallest absolute Gasteiger partial charge is 0.326 e. The molecule has 2 aromatic rings. The third-order valence-electron chi connectivity index (χ3n) is 2.83. The van der Waals surface area contributed by atoms with Crippen LogP contribution in [0.4, 0.5) is 5.82 Å². The molecule has 7 nitrogen and oxygen atoms in total. The predicted molar refractivity (Wildman–Crippen MR) is 73.8 cm³/mol. The Morgan fingerprint density at radius 1 is 1.33 bits per heavy atom. The summed E-state index contributed by atoms with van der Waals surface area (Å²) in [4.78, 5) is 25.9. The lowest BCUT2D eigenvalue weighted by molar-refractivity contribution is -0.144. The van der Waals surface area contributed by atoms with Gasteiger partial charge in [-0.2, -0.15) is 5.26 Å². The van der Waals surface area contributed by atoms with Gasteiger partial charge in [0.2, 0.25) is 0 Å². The standard InChI is InChI=1S/C14H11N3O4/c15-7-9-5-8-3-1-2-4-10(8)16-13(9)17-11(14(20)21)6-12(18)19/h1-5,11H,6H2,(H,16,17)(H,18,19)(H,20,21). The number of nitriles is 1. The second-order valence-electron chi connectivity index (χ2n) is 4.32. The Bertz CT molecular complexity index is 751. The molecule has 1 unspecified atom stereocenters. The van der Waals surface area contributed by atoms with Gasteiger partial charge in [-0.1, -0.05) is 18.2 Å². The first-order valence-electron chi connectivity index (χ1n) is 6.02. The third-order valence-corrected chi connectivity index (χ3v) is 2.83. The number of carboxylic acids is 2. The van der Waals surface area contributed by atoms with Crippen LogP contribution in [0.3, 0.4) is 0 Å². The lowest BCUT2D eigenvalue weighted by Gasteiger charge is -2.14. The number of pyridine rings is 1. The van der Waals surface area contributed by atoms with Crippen molar-refractivity contribution in [2.75, 3.05) is 5.32 Å². The first-order valence-corrected chi connectivity index (χ1v) is 6.02. The Morgan fingerprint density at radius 3 is 2.67 bits per heavy atom. The maximum atomic E-state index is 11.1. The molecule has 7 heteroatoms. The van der Waals surface area contributed by atoms with Gasteiger partial charge >= 0.3 is 11.9 Å². The fourth-order valence-corrected chi connectivity index (χ4v) is 1.85. The minimum absolute atomic E-state index is 0.0600. The van der Waals surface area contributed by atoms with E-state index in [1.807, 2.05) is 6.07 Å². The number of anilines is 1. The highest BCUT2D eigenvalue weighted by molar-refractivity contribution is 5.86. The van der Waals surface area contributed by atoms with E-state index < -0.39 is 24.4 Å². The second kappa shape index (κ2) is 5.88. The molecule has 21 heavy (non-hydrogen) atoms. The quantitative estimate of drug-likeness (QED) is 0.759. The number of benzene rings is 1. The maximum Gasteiger partial charge on any atom is 0.326 e. The number of aromatic nitrogens is 1. The van der Waals surface area contributed by atoms with Gasteiger partial charge in [0, 0.05) is 5.39 Å². The number of fused-ring (bicyclic) bond motifs is 1. The zero-order chi connectivity index (χ0) is 15.4. The third kappa shape index (κ3) is 3.25. The van der Waals surface area contributed by atoms with Gasteiger partial charge in [-0.25, -0.2) is 9.78 Å². The van der Waals surface area contributed by atoms with Crippen LogP contribution >= 0.6 is 0 Å². The molecule has 0 spiro atoms. The van der Waals surface area contributed by atoms with Crippen LogP contribution in [0.5, 0.6) is 0 Å². The molecule has 1 aromatic heterocycles. The van der Waals surface area contributed by atoms with E-state index in [2.05, 4.69) is 10.3 Å². The summed E-state index contributed by atoms with van der Waals surface area (Å²) in [5, 5.41) is 30.1. The molecule has 0 saturated carbocycles. The van der Waals surface area contributed by atoms with E-state index in [-0.39, 0.29) is 11.4 Å². The number of hydrogen-bond acceptors (Lipinski definition) is 5. The molecule has 1 aromatic carbocycles. The molecule has 0 aliphatic rings. The van der Waals surface area contributed by atoms with Crippen LogP contribution in [-0.2, 0) is 9.59 Å². The van der Waals surface area contributed by atoms with E-state index in [9.17, 15) is 9.59 Å². The number of rotatable bonds is 5. The lowest BCUT2D eigenvalue weighted by Crippen LogP contribution is -2.32. The van der Waals surface area contributed by atoms with Crippen LogP contribution in [-0.4, -0.2) is 33.2 Å². The number of hydrogen-bond donors (Lipinski definition) is 3. The van der Waals surface area contributed by atoms with Crippen molar-refractivity contribution in [3.05, 3.63) is 35.9 Å². The number of aliphatic carboxylic acids is 2. The highest BCUT2D eigenvalue weighted by atomic mass is 16.4. The summed E-state index contributed by atoms with van der Waals surface area (Å²) >= 11 is 0. The number of nitrogens with zero attached hydrogens (tertiary/aromatic N) is 2. The molecular formula is C14H11N3O4. The summed E-state index contributed by atoms with van der Waals surface area (Å²) < 4.78 is 0. The van der Waals surface area contributed by atoms with Gasteiger partial charge in [-0.3, -0.25) is 4.79 Å². The molecule has 2 rings (SSSR count). The molecule has 0 aliphatic heterocycles. The Labute approximate surface area is 119 Å². The van der Waals surface area contributed by atoms with Crippen LogP contribution in [0.15, 0.2) is 30.3 Å². The Hall–Kier alpha value is -3.14. The zero-order valence-electron chi connectivity index (χ0n) is 10.8. The monoisotopic (exact) mass is 285 g/mol. The fraction of sp³-hybridized carbons (Fsp3) is 0.143. The van der Waals surface area contributed by atoms with Gasteiger partial charge in [0.15, 0.2) is 0 Å². The zero-order valence-corrected chi connectivity index (χ0v) is 10.8. The summed E-state index contributed by atoms with van der Waals surface area (Å²) in [6.45, 7) is 0. The molecule has 0 bridgehead atoms. The van der Waals surface area contributed by atoms with Crippen molar-refractivity contribution in [3.63, 3.8) is 0 Å². The van der Waals surface area contributed by atoms with Gasteiger partial charge in [0.05, 0.1) is 17.5 Å². The minimum atomic E-state index is -1.36. The van der Waals surface area contributed by atoms with E-state index in [4.69, 9.17) is 15.5 Å². The SMILES string of the molecule is N#Cc1cc2ccccc2nc1NC(CC(=O)O)C(=O)O. The molecule has 3 N–H and O–H groups in total. The maximum absolute atomic E-state index is 11.1. The number of para-hydroxylation sites is 1. The highest BCUT2D eigenvalue weighted by Gasteiger charge is 2.22. The summed E-state index contributed by atoms with van der Waals surface area (Å²) in [7, 11) is 0. The lowest BCUT2D eigenvalue weighted by atomic mass is 10.1. The Balaban J connectivity index is 2.42. The van der Waals surface area contributed by atoms with E-state index in [1.54, 1.807) is 30.3 Å². The minimum Gasteiger partial charge on any atom is -0.481 e. The van der Waals surface area contributed by atoms with Crippen LogP contribution in [0.25, 0.3) is 10.9 Å². The summed E-state index contributed by atoms with van der Waals surface area (Å²) in [6, 6.07) is 9.18. The predicted octanol–water partition coefficient (Wildman–Crippen LogP) is 1.45. The number of carbonyl (C=O) groups is 2. The summed E-state index contributed by atoms with van der Waals surface area (Å²) in [6.07, 6.45) is -0.616. The van der Waals surface area contributed by atoms with E-state index in [1.165, 1.54) is 0 Å². The summed E-state index contributed by atoms with van der Waals surface area (Å²) in [5.74, 6) is -2.52. The molecule has 0 fully saturated rings. The molecule has 1 atom stereocenters. The Morgan fingerprint density at radius 2 is 2.05 bits per heavy atom. The topological polar surface area (TPSA) is 123 Å². The Kier molecular flexibility index (Phi) is 4.00. The van der Waals surface area contributed by atoms with Gasteiger partial charge in [-0.05, 0) is 12.1 Å². The average Bonchev–Trinajstić information content (AvgIpc) is 2.45. The van der Waals surface area contributed by atoms with E-state index >= 15 is 0 Å². The first-order chi connectivity index (χ1) is 10.0. The van der Waals surface area contributed by atoms with Gasteiger partial charge < -0.3 is 15.5 Å². The van der Waals surface area contributed by atoms with Crippen molar-refractivity contribution in [2.45, 2.75) is 12.5 Å². The molecule has 1 heterocycles. The highest BCUT2D eigenvalue weighted by Crippen LogP contribution is 2.20. The van der Waals surface area contributed by atoms with Crippen LogP contribution in [0.1, 0.15) is 12.0 Å². The van der Waals surface area contributed by atoms with Crippen LogP contribution in [0.2, 0.25) is 0 Å². The molecule has 106 valence electrons. The van der Waals surface area contributed by atoms with Crippen LogP contribution in [0, 0.1) is 11.3 Å². The molecule has 0 amide bonds. The van der Waals surface area contributed by atoms with Crippen molar-refractivity contribution >= 4 is 28.7 Å². The molecule has 0 saturated heterocycles. The summed E-state index contributed by atoms with van der Waals surface area (Å²) in [5.41, 5.74) is 0.740. The van der Waals surface area contributed by atoms with E-state index in [0.29, 0.717) is 5.52 Å². The van der Waals surface area contributed by atoms with Crippen molar-refractivity contribution < 1.29 is 19.8 Å². The van der Waals surface area contributed by atoms with Gasteiger partial charge in [0.25, 0.3) is 0 Å². The second-order valence-corrected chi connectivity index (χ2v) is 4.32. The van der Waals surface area contributed by atoms with Crippen LogP contribution < -0.4 is 5.32 Å². The van der Waals surface area contributed by atoms with Crippen molar-refractivity contribution in [1.29, 1.82) is 5.26 Å². The molecule has 0 radical (unpaired) electrons. The average molecular weight is 285 g/mol. The van der Waals surface area contributed by atoms with Gasteiger partial charge in [0.1, 0.15) is 17.9 Å². The normalized spacial score (nSPS) is 11.6. The largest absolute Gasteiger partial charge is 0.481 e. The van der Waals surface area contributed by atoms with E-state index in [0.717, 1.165) is 5.39 Å². The number of carboxylic acid groups (broad SMARTS) is 2. The number of nitrogens with one attached hydrogen (secondary N) is 1.